The van der Waals surface area contributed by atoms with Gasteiger partial charge in [0.2, 0.25) is 0 Å². The lowest BCUT2D eigenvalue weighted by molar-refractivity contribution is 0.615. The molecule has 0 heterocycles. The molecule has 1 N–H and O–H groups in total. The molecule has 0 bridgehead atoms. The van der Waals surface area contributed by atoms with Gasteiger partial charge in [0.15, 0.2) is 0 Å². The van der Waals surface area contributed by atoms with Gasteiger partial charge in [-0.1, -0.05) is 23.7 Å². The van der Waals surface area contributed by atoms with Gasteiger partial charge in [-0.3, -0.25) is 0 Å². The molecule has 0 amide bonds. The van der Waals surface area contributed by atoms with E-state index in [1.165, 1.54) is 30.3 Å². The van der Waals surface area contributed by atoms with Crippen molar-refractivity contribution in [2.24, 2.45) is 0 Å². The fraction of sp³-hybridized carbons (Fsp3) is 0.143. The molecule has 0 unspecified atom stereocenters. The second-order valence-electron chi connectivity index (χ2n) is 3.97. The van der Waals surface area contributed by atoms with E-state index in [4.69, 9.17) is 11.6 Å². The van der Waals surface area contributed by atoms with Gasteiger partial charge in [-0.05, 0) is 41.5 Å². The van der Waals surface area contributed by atoms with Gasteiger partial charge in [0.05, 0.1) is 0 Å². The monoisotopic (exact) mass is 267 g/mol. The first kappa shape index (κ1) is 13.0. The van der Waals surface area contributed by atoms with Crippen LogP contribution < -0.4 is 5.32 Å². The minimum Gasteiger partial charge on any atom is -0.309 e. The van der Waals surface area contributed by atoms with Gasteiger partial charge in [0.25, 0.3) is 0 Å². The van der Waals surface area contributed by atoms with E-state index in [-0.39, 0.29) is 11.6 Å². The average Bonchev–Trinajstić information content (AvgIpc) is 2.34. The molecule has 94 valence electrons. The van der Waals surface area contributed by atoms with Crippen LogP contribution >= 0.6 is 11.6 Å². The second kappa shape index (κ2) is 5.94. The molecule has 4 heteroatoms. The number of hydrogen-bond donors (Lipinski definition) is 1. The first-order valence-electron chi connectivity index (χ1n) is 5.54. The normalized spacial score (nSPS) is 10.6. The summed E-state index contributed by atoms with van der Waals surface area (Å²) >= 11 is 5.94. The highest BCUT2D eigenvalue weighted by Crippen LogP contribution is 2.16. The molecule has 0 aliphatic rings. The van der Waals surface area contributed by atoms with E-state index in [2.05, 4.69) is 5.32 Å². The van der Waals surface area contributed by atoms with Crippen molar-refractivity contribution in [3.63, 3.8) is 0 Å². The van der Waals surface area contributed by atoms with Crippen molar-refractivity contribution in [2.45, 2.75) is 13.1 Å². The Morgan fingerprint density at radius 2 is 1.72 bits per heavy atom. The van der Waals surface area contributed by atoms with Crippen LogP contribution in [0.4, 0.5) is 8.78 Å². The average molecular weight is 268 g/mol. The van der Waals surface area contributed by atoms with Gasteiger partial charge in [0, 0.05) is 18.1 Å². The molecule has 18 heavy (non-hydrogen) atoms. The number of benzene rings is 2. The zero-order valence-corrected chi connectivity index (χ0v) is 10.3. The number of hydrogen-bond acceptors (Lipinski definition) is 1. The highest BCUT2D eigenvalue weighted by Gasteiger charge is 2.02. The largest absolute Gasteiger partial charge is 0.309 e. The lowest BCUT2D eigenvalue weighted by Gasteiger charge is -2.07. The van der Waals surface area contributed by atoms with Crippen LogP contribution in [0.5, 0.6) is 0 Å². The van der Waals surface area contributed by atoms with Crippen LogP contribution in [0.2, 0.25) is 5.02 Å². The van der Waals surface area contributed by atoms with Crippen LogP contribution in [0.15, 0.2) is 42.5 Å². The molecule has 0 saturated carbocycles. The molecular formula is C14H12ClF2N. The molecule has 0 spiro atoms. The van der Waals surface area contributed by atoms with Crippen LogP contribution in [-0.4, -0.2) is 0 Å². The number of rotatable bonds is 4. The van der Waals surface area contributed by atoms with E-state index in [1.54, 1.807) is 6.07 Å². The molecular weight excluding hydrogens is 256 g/mol. The Bertz CT molecular complexity index is 543. The molecule has 0 radical (unpaired) electrons. The zero-order valence-electron chi connectivity index (χ0n) is 9.59. The van der Waals surface area contributed by atoms with E-state index in [0.29, 0.717) is 23.7 Å². The van der Waals surface area contributed by atoms with E-state index < -0.39 is 0 Å². The third-order valence-electron chi connectivity index (χ3n) is 2.54. The standard InChI is InChI=1S/C14H12ClF2N/c15-14-5-4-13(17)7-11(14)9-18-8-10-2-1-3-12(16)6-10/h1-7,18H,8-9H2. The molecule has 0 aromatic heterocycles. The van der Waals surface area contributed by atoms with Crippen molar-refractivity contribution in [1.82, 2.24) is 5.32 Å². The minimum atomic E-state index is -0.318. The Hall–Kier alpha value is -1.45. The second-order valence-corrected chi connectivity index (χ2v) is 4.38. The summed E-state index contributed by atoms with van der Waals surface area (Å²) in [5.41, 5.74) is 1.52. The van der Waals surface area contributed by atoms with Crippen molar-refractivity contribution in [3.05, 3.63) is 70.2 Å². The topological polar surface area (TPSA) is 12.0 Å². The van der Waals surface area contributed by atoms with Crippen molar-refractivity contribution in [1.29, 1.82) is 0 Å². The van der Waals surface area contributed by atoms with E-state index in [1.807, 2.05) is 6.07 Å². The smallest absolute Gasteiger partial charge is 0.123 e. The van der Waals surface area contributed by atoms with Gasteiger partial charge in [0.1, 0.15) is 11.6 Å². The van der Waals surface area contributed by atoms with E-state index in [0.717, 1.165) is 5.56 Å². The Morgan fingerprint density at radius 3 is 2.50 bits per heavy atom. The van der Waals surface area contributed by atoms with Gasteiger partial charge in [-0.15, -0.1) is 0 Å². The zero-order chi connectivity index (χ0) is 13.0. The summed E-state index contributed by atoms with van der Waals surface area (Å²) in [6, 6.07) is 10.6. The molecule has 0 saturated heterocycles. The Kier molecular flexibility index (Phi) is 4.28. The molecule has 0 fully saturated rings. The third-order valence-corrected chi connectivity index (χ3v) is 2.91. The summed E-state index contributed by atoms with van der Waals surface area (Å²) in [5, 5.41) is 3.61. The molecule has 2 aromatic rings. The van der Waals surface area contributed by atoms with Crippen molar-refractivity contribution >= 4 is 11.6 Å². The van der Waals surface area contributed by atoms with Crippen molar-refractivity contribution < 1.29 is 8.78 Å². The summed E-state index contributed by atoms with van der Waals surface area (Å²) in [5.74, 6) is -0.583. The van der Waals surface area contributed by atoms with Crippen LogP contribution in [0, 0.1) is 11.6 Å². The molecule has 0 atom stereocenters. The Labute approximate surface area is 109 Å². The third kappa shape index (κ3) is 3.52. The van der Waals surface area contributed by atoms with Gasteiger partial charge in [-0.25, -0.2) is 8.78 Å². The molecule has 1 nitrogen and oxygen atoms in total. The maximum atomic E-state index is 13.0. The SMILES string of the molecule is Fc1cccc(CNCc2cc(F)ccc2Cl)c1. The lowest BCUT2D eigenvalue weighted by atomic mass is 10.2. The fourth-order valence-electron chi connectivity index (χ4n) is 1.67. The summed E-state index contributed by atoms with van der Waals surface area (Å²) in [6.07, 6.45) is 0. The van der Waals surface area contributed by atoms with Gasteiger partial charge < -0.3 is 5.32 Å². The lowest BCUT2D eigenvalue weighted by Crippen LogP contribution is -2.13. The maximum Gasteiger partial charge on any atom is 0.123 e. The van der Waals surface area contributed by atoms with Crippen molar-refractivity contribution in [2.75, 3.05) is 0 Å². The summed E-state index contributed by atoms with van der Waals surface area (Å²) in [4.78, 5) is 0. The van der Waals surface area contributed by atoms with Gasteiger partial charge >= 0.3 is 0 Å². The maximum absolute atomic E-state index is 13.0. The predicted molar refractivity (Wildman–Crippen MR) is 68.4 cm³/mol. The fourth-order valence-corrected chi connectivity index (χ4v) is 1.85. The first-order chi connectivity index (χ1) is 8.65. The van der Waals surface area contributed by atoms with Crippen molar-refractivity contribution in [3.8, 4) is 0 Å². The Morgan fingerprint density at radius 1 is 0.944 bits per heavy atom. The minimum absolute atomic E-state index is 0.266. The van der Waals surface area contributed by atoms with Gasteiger partial charge in [-0.2, -0.15) is 0 Å². The van der Waals surface area contributed by atoms with Crippen LogP contribution in [0.25, 0.3) is 0 Å². The predicted octanol–water partition coefficient (Wildman–Crippen LogP) is 3.91. The summed E-state index contributed by atoms with van der Waals surface area (Å²) in [7, 11) is 0. The van der Waals surface area contributed by atoms with Crippen LogP contribution in [-0.2, 0) is 13.1 Å². The number of halogens is 3. The number of nitrogens with one attached hydrogen (secondary N) is 1. The summed E-state index contributed by atoms with van der Waals surface area (Å²) < 4.78 is 26.0. The Balaban J connectivity index is 1.94. The molecule has 2 aromatic carbocycles. The van der Waals surface area contributed by atoms with Crippen LogP contribution in [0.1, 0.15) is 11.1 Å². The van der Waals surface area contributed by atoms with Crippen LogP contribution in [0.3, 0.4) is 0 Å². The quantitative estimate of drug-likeness (QED) is 0.886. The highest BCUT2D eigenvalue weighted by molar-refractivity contribution is 6.31. The van der Waals surface area contributed by atoms with E-state index in [9.17, 15) is 8.78 Å². The molecule has 0 aliphatic carbocycles. The summed E-state index contributed by atoms with van der Waals surface area (Å²) in [6.45, 7) is 0.942. The highest BCUT2D eigenvalue weighted by atomic mass is 35.5. The molecule has 2 rings (SSSR count). The van der Waals surface area contributed by atoms with E-state index >= 15 is 0 Å². The molecule has 0 aliphatic heterocycles. The first-order valence-corrected chi connectivity index (χ1v) is 5.92.